The number of aliphatic hydroxyl groups is 1. The molecule has 2 saturated carbocycles. The van der Waals surface area contributed by atoms with Gasteiger partial charge >= 0.3 is 11.9 Å². The Morgan fingerprint density at radius 3 is 2.39 bits per heavy atom. The number of likely N-dealkylation sites (tertiary alicyclic amines) is 1. The number of rotatable bonds is 9. The van der Waals surface area contributed by atoms with E-state index in [0.717, 1.165) is 85.9 Å². The first kappa shape index (κ1) is 42.0. The number of para-hydroxylation sites is 1. The van der Waals surface area contributed by atoms with Crippen LogP contribution < -0.4 is 16.3 Å². The summed E-state index contributed by atoms with van der Waals surface area (Å²) < 4.78 is 45.0. The standard InChI is InChI=1S/C46H53F3N8O5/c1-44(2,62)32-22-34-30(21-35(32)51-41(59)33-7-5-9-38(50-33)46(47,48)49)26-56(53-34)31-12-10-27(11-13-31)25-55-18-16-45(17-19-55)23-28(24-45)20-29-6-4-8-36-40(29)54(3)43(61)57(36)37-14-15-39(58)52-42(37)60/h4-9,21-22,26-28,31,37,62H,10-20,23-25H2,1-3H3,(H,51,59)(H,52,58,60). The van der Waals surface area contributed by atoms with Crippen molar-refractivity contribution in [2.24, 2.45) is 24.3 Å². The number of carbonyl (C=O) groups is 3. The number of anilines is 1. The van der Waals surface area contributed by atoms with Crippen LogP contribution in [0.5, 0.6) is 0 Å². The molecule has 4 fully saturated rings. The average Bonchev–Trinajstić information content (AvgIpc) is 3.75. The summed E-state index contributed by atoms with van der Waals surface area (Å²) >= 11 is 0. The number of amides is 3. The summed E-state index contributed by atoms with van der Waals surface area (Å²) in [5.74, 6) is -0.381. The van der Waals surface area contributed by atoms with Gasteiger partial charge in [-0.15, -0.1) is 0 Å². The monoisotopic (exact) mass is 854 g/mol. The van der Waals surface area contributed by atoms with Crippen molar-refractivity contribution in [2.75, 3.05) is 25.0 Å². The molecule has 1 atom stereocenters. The van der Waals surface area contributed by atoms with Crippen LogP contribution in [0, 0.1) is 17.3 Å². The molecule has 328 valence electrons. The maximum Gasteiger partial charge on any atom is 0.433 e. The molecule has 1 unspecified atom stereocenters. The normalized spacial score (nSPS) is 22.6. The predicted octanol–water partition coefficient (Wildman–Crippen LogP) is 7.03. The molecule has 5 aromatic rings. The number of halogens is 3. The number of benzene rings is 2. The number of pyridine rings is 1. The van der Waals surface area contributed by atoms with Crippen LogP contribution in [0.25, 0.3) is 21.9 Å². The molecule has 2 saturated heterocycles. The molecule has 4 aliphatic rings. The number of hydrogen-bond acceptors (Lipinski definition) is 8. The summed E-state index contributed by atoms with van der Waals surface area (Å²) in [6, 6.07) is 12.1. The molecule has 3 aromatic heterocycles. The Bertz CT molecular complexity index is 2620. The maximum atomic E-state index is 13.4. The molecule has 16 heteroatoms. The van der Waals surface area contributed by atoms with Gasteiger partial charge in [0.15, 0.2) is 0 Å². The lowest BCUT2D eigenvalue weighted by molar-refractivity contribution is -0.141. The lowest BCUT2D eigenvalue weighted by Crippen LogP contribution is -2.48. The minimum Gasteiger partial charge on any atom is -0.386 e. The number of aromatic nitrogens is 5. The van der Waals surface area contributed by atoms with E-state index in [1.165, 1.54) is 31.7 Å². The Kier molecular flexibility index (Phi) is 10.7. The summed E-state index contributed by atoms with van der Waals surface area (Å²) in [5, 5.41) is 21.7. The number of nitrogens with zero attached hydrogens (tertiary/aromatic N) is 6. The molecule has 62 heavy (non-hydrogen) atoms. The summed E-state index contributed by atoms with van der Waals surface area (Å²) in [4.78, 5) is 57.1. The van der Waals surface area contributed by atoms with Crippen LogP contribution in [0.15, 0.2) is 59.5 Å². The van der Waals surface area contributed by atoms with Crippen LogP contribution in [0.3, 0.4) is 0 Å². The molecule has 13 nitrogen and oxygen atoms in total. The van der Waals surface area contributed by atoms with Gasteiger partial charge in [0.05, 0.1) is 28.2 Å². The van der Waals surface area contributed by atoms with E-state index < -0.39 is 35.3 Å². The summed E-state index contributed by atoms with van der Waals surface area (Å²) in [7, 11) is 1.77. The zero-order valence-electron chi connectivity index (χ0n) is 35.3. The minimum absolute atomic E-state index is 0.206. The number of imide groups is 1. The van der Waals surface area contributed by atoms with Crippen LogP contribution in [-0.4, -0.2) is 71.3 Å². The fraction of sp³-hybridized carbons (Fsp3) is 0.522. The largest absolute Gasteiger partial charge is 0.433 e. The lowest BCUT2D eigenvalue weighted by Gasteiger charge is -2.53. The SMILES string of the molecule is Cn1c(=O)n(C2CCC(=O)NC2=O)c2cccc(CC3CC4(CCN(CC5CCC(n6cc7cc(NC(=O)c8cccc(C(F)(F)F)n8)c(C(C)(C)O)cc7n6)CC5)CC4)C3)c21. The van der Waals surface area contributed by atoms with E-state index in [2.05, 4.69) is 26.6 Å². The molecule has 1 spiro atoms. The van der Waals surface area contributed by atoms with Gasteiger partial charge in [-0.25, -0.2) is 9.78 Å². The van der Waals surface area contributed by atoms with E-state index in [9.17, 15) is 37.5 Å². The smallest absolute Gasteiger partial charge is 0.386 e. The number of fused-ring (bicyclic) bond motifs is 2. The maximum absolute atomic E-state index is 13.4. The highest BCUT2D eigenvalue weighted by Gasteiger charge is 2.46. The van der Waals surface area contributed by atoms with E-state index in [1.807, 2.05) is 23.0 Å². The summed E-state index contributed by atoms with van der Waals surface area (Å²) in [6.45, 7) is 6.45. The highest BCUT2D eigenvalue weighted by Crippen LogP contribution is 2.54. The first-order chi connectivity index (χ1) is 29.4. The van der Waals surface area contributed by atoms with Gasteiger partial charge in [-0.1, -0.05) is 18.2 Å². The number of carbonyl (C=O) groups excluding carboxylic acids is 3. The van der Waals surface area contributed by atoms with Crippen molar-refractivity contribution in [3.05, 3.63) is 87.7 Å². The fourth-order valence-corrected chi connectivity index (χ4v) is 10.9. The Morgan fingerprint density at radius 2 is 1.69 bits per heavy atom. The van der Waals surface area contributed by atoms with Crippen molar-refractivity contribution >= 4 is 45.3 Å². The summed E-state index contributed by atoms with van der Waals surface area (Å²) in [6.07, 6.45) is 7.57. The number of nitrogens with one attached hydrogen (secondary N) is 2. The Morgan fingerprint density at radius 1 is 0.968 bits per heavy atom. The van der Waals surface area contributed by atoms with Gasteiger partial charge in [0.25, 0.3) is 5.91 Å². The van der Waals surface area contributed by atoms with Crippen LogP contribution in [0.4, 0.5) is 18.9 Å². The second-order valence-corrected chi connectivity index (χ2v) is 18.9. The third kappa shape index (κ3) is 8.07. The first-order valence-corrected chi connectivity index (χ1v) is 21.8. The Labute approximate surface area is 356 Å². The third-order valence-electron chi connectivity index (χ3n) is 14.1. The molecule has 0 radical (unpaired) electrons. The van der Waals surface area contributed by atoms with Crippen LogP contribution in [-0.2, 0) is 34.8 Å². The number of piperidine rings is 2. The number of imidazole rings is 1. The van der Waals surface area contributed by atoms with E-state index in [0.29, 0.717) is 34.8 Å². The number of aryl methyl sites for hydroxylation is 1. The van der Waals surface area contributed by atoms with Crippen LogP contribution in [0.2, 0.25) is 0 Å². The van der Waals surface area contributed by atoms with Crippen molar-refractivity contribution in [3.63, 3.8) is 0 Å². The Balaban J connectivity index is 0.778. The predicted molar refractivity (Wildman–Crippen MR) is 226 cm³/mol. The average molecular weight is 855 g/mol. The topological polar surface area (TPSA) is 156 Å². The Hall–Kier alpha value is -5.35. The fourth-order valence-electron chi connectivity index (χ4n) is 10.9. The third-order valence-corrected chi connectivity index (χ3v) is 14.1. The van der Waals surface area contributed by atoms with Crippen molar-refractivity contribution in [3.8, 4) is 0 Å². The zero-order valence-corrected chi connectivity index (χ0v) is 35.3. The molecule has 2 aromatic carbocycles. The second kappa shape index (κ2) is 15.8. The van der Waals surface area contributed by atoms with Crippen molar-refractivity contribution in [2.45, 2.75) is 108 Å². The van der Waals surface area contributed by atoms with Crippen molar-refractivity contribution in [1.82, 2.24) is 34.1 Å². The van der Waals surface area contributed by atoms with E-state index in [-0.39, 0.29) is 35.4 Å². The molecule has 3 N–H and O–H groups in total. The molecule has 9 rings (SSSR count). The van der Waals surface area contributed by atoms with Crippen molar-refractivity contribution < 1.29 is 32.7 Å². The van der Waals surface area contributed by atoms with E-state index in [1.54, 1.807) is 42.2 Å². The molecule has 5 heterocycles. The van der Waals surface area contributed by atoms with Gasteiger partial charge in [0.1, 0.15) is 17.4 Å². The van der Waals surface area contributed by atoms with Gasteiger partial charge in [-0.3, -0.25) is 33.5 Å². The molecule has 3 amide bonds. The van der Waals surface area contributed by atoms with Crippen LogP contribution in [0.1, 0.15) is 117 Å². The van der Waals surface area contributed by atoms with Gasteiger partial charge in [-0.2, -0.15) is 18.3 Å². The number of hydrogen-bond donors (Lipinski definition) is 3. The quantitative estimate of drug-likeness (QED) is 0.134. The molecule has 0 bridgehead atoms. The van der Waals surface area contributed by atoms with Gasteiger partial charge in [0.2, 0.25) is 11.8 Å². The highest BCUT2D eigenvalue weighted by atomic mass is 19.4. The summed E-state index contributed by atoms with van der Waals surface area (Å²) in [5.41, 5.74) is 1.32. The van der Waals surface area contributed by atoms with Crippen LogP contribution >= 0.6 is 0 Å². The van der Waals surface area contributed by atoms with Crippen molar-refractivity contribution in [1.29, 1.82) is 0 Å². The zero-order chi connectivity index (χ0) is 43.7. The lowest BCUT2D eigenvalue weighted by atomic mass is 9.56. The first-order valence-electron chi connectivity index (χ1n) is 21.8. The highest BCUT2D eigenvalue weighted by molar-refractivity contribution is 6.04. The van der Waals surface area contributed by atoms with E-state index in [4.69, 9.17) is 5.10 Å². The molecular weight excluding hydrogens is 802 g/mol. The van der Waals surface area contributed by atoms with Gasteiger partial charge in [-0.05, 0) is 144 Å². The second-order valence-electron chi connectivity index (χ2n) is 18.9. The number of alkyl halides is 3. The van der Waals surface area contributed by atoms with Gasteiger partial charge in [0, 0.05) is 42.8 Å². The molecule has 2 aliphatic carbocycles. The minimum atomic E-state index is -4.69. The van der Waals surface area contributed by atoms with Gasteiger partial charge < -0.3 is 15.3 Å². The van der Waals surface area contributed by atoms with E-state index >= 15 is 0 Å². The molecular formula is C46H53F3N8O5. The molecule has 2 aliphatic heterocycles.